The minimum Gasteiger partial charge on any atom is -0.508 e. The number of amides is 11. The average Bonchev–Trinajstić information content (AvgIpc) is 3.90. The molecule has 11 amide bonds. The summed E-state index contributed by atoms with van der Waals surface area (Å²) in [4.78, 5) is 164. The molecular formula is C46H64N16O14S2. The van der Waals surface area contributed by atoms with Crippen LogP contribution in [0.4, 0.5) is 5.69 Å². The van der Waals surface area contributed by atoms with Crippen molar-refractivity contribution < 1.29 is 62.8 Å². The number of nitrogens with one attached hydrogen (secondary N) is 7. The Labute approximate surface area is 453 Å². The molecule has 4 rings (SSSR count). The van der Waals surface area contributed by atoms with Gasteiger partial charge in [-0.2, -0.15) is 0 Å². The highest BCUT2D eigenvalue weighted by Crippen LogP contribution is 2.26. The Morgan fingerprint density at radius 2 is 1.29 bits per heavy atom. The minimum atomic E-state index is -1.86. The van der Waals surface area contributed by atoms with Gasteiger partial charge in [0.1, 0.15) is 48.0 Å². The minimum absolute atomic E-state index is 0.0183. The largest absolute Gasteiger partial charge is 0.508 e. The molecule has 2 aliphatic rings. The van der Waals surface area contributed by atoms with Crippen LogP contribution in [0.15, 0.2) is 53.5 Å². The van der Waals surface area contributed by atoms with Gasteiger partial charge in [0.15, 0.2) is 5.96 Å². The lowest BCUT2D eigenvalue weighted by atomic mass is 10.0. The van der Waals surface area contributed by atoms with Crippen molar-refractivity contribution in [2.75, 3.05) is 31.1 Å². The van der Waals surface area contributed by atoms with E-state index < -0.39 is 144 Å². The number of phenolic OH excluding ortho intramolecular Hbond substituents is 1. The molecule has 2 heterocycles. The first-order valence-electron chi connectivity index (χ1n) is 24.2. The number of hydrogen-bond acceptors (Lipinski definition) is 18. The standard InChI is InChI=1S/C46H64N16O14S2/c47-27-21-77-78-22-33(45(74)61-16-2-4-34(61)44(73)56-28(3-1-15-53-46(51)52)39(68)54-20-37(50)66)60-43(72)32(19-36(49)65)59-40(69)29(13-14-35(48)64)55-41(70)31(17-23-5-9-25(10-6-23)62(75)76)58-42(71)30(57-38(27)67)18-24-7-11-26(63)12-8-24/h5-12,27-34,63H,1-4,13-22,47H2,(H2,48,64)(H2,49,65)(H2,50,66)(H,54,68)(H,55,70)(H,56,73)(H,57,67)(H,58,71)(H,59,69)(H,60,72)(H4,51,52,53). The van der Waals surface area contributed by atoms with Crippen molar-refractivity contribution in [3.8, 4) is 5.75 Å². The lowest BCUT2D eigenvalue weighted by Gasteiger charge is -2.31. The summed E-state index contributed by atoms with van der Waals surface area (Å²) in [7, 11) is 1.92. The van der Waals surface area contributed by atoms with Crippen LogP contribution in [-0.4, -0.2) is 165 Å². The number of carbonyl (C=O) groups excluding carboxylic acids is 11. The van der Waals surface area contributed by atoms with E-state index in [0.29, 0.717) is 5.56 Å². The monoisotopic (exact) mass is 1130 g/mol. The number of benzene rings is 2. The Balaban J connectivity index is 1.73. The zero-order valence-corrected chi connectivity index (χ0v) is 43.6. The fraction of sp³-hybridized carbons (Fsp3) is 0.478. The van der Waals surface area contributed by atoms with Crippen LogP contribution in [0, 0.1) is 10.1 Å². The number of carbonyl (C=O) groups is 11. The van der Waals surface area contributed by atoms with E-state index in [9.17, 15) is 68.0 Å². The molecule has 0 aromatic heterocycles. The first kappa shape index (κ1) is 62.3. The van der Waals surface area contributed by atoms with Gasteiger partial charge in [-0.25, -0.2) is 0 Å². The number of phenols is 1. The highest BCUT2D eigenvalue weighted by atomic mass is 33.1. The van der Waals surface area contributed by atoms with Crippen molar-refractivity contribution >= 4 is 98.2 Å². The number of aromatic hydroxyl groups is 1. The van der Waals surface area contributed by atoms with Crippen LogP contribution >= 0.6 is 21.6 Å². The number of guanidine groups is 1. The van der Waals surface area contributed by atoms with Crippen LogP contribution in [0.25, 0.3) is 0 Å². The summed E-state index contributed by atoms with van der Waals surface area (Å²) >= 11 is 0. The van der Waals surface area contributed by atoms with E-state index in [0.717, 1.165) is 38.6 Å². The molecule has 0 saturated carbocycles. The maximum Gasteiger partial charge on any atom is 0.269 e. The lowest BCUT2D eigenvalue weighted by molar-refractivity contribution is -0.384. The van der Waals surface area contributed by atoms with Crippen molar-refractivity contribution in [3.63, 3.8) is 0 Å². The summed E-state index contributed by atoms with van der Waals surface area (Å²) in [5.74, 6) is -11.3. The van der Waals surface area contributed by atoms with Gasteiger partial charge < -0.3 is 81.6 Å². The van der Waals surface area contributed by atoms with E-state index in [1.54, 1.807) is 0 Å². The number of nitro groups is 1. The van der Waals surface area contributed by atoms with Crippen molar-refractivity contribution in [1.29, 1.82) is 0 Å². The second-order valence-electron chi connectivity index (χ2n) is 18.0. The summed E-state index contributed by atoms with van der Waals surface area (Å²) < 4.78 is 0. The quantitative estimate of drug-likeness (QED) is 0.0147. The zero-order chi connectivity index (χ0) is 57.6. The maximum absolute atomic E-state index is 14.6. The Bertz CT molecular complexity index is 2570. The Kier molecular flexibility index (Phi) is 24.3. The molecule has 0 radical (unpaired) electrons. The average molecular weight is 1130 g/mol. The van der Waals surface area contributed by atoms with Gasteiger partial charge in [0.25, 0.3) is 5.69 Å². The predicted octanol–water partition coefficient (Wildman–Crippen LogP) is -5.50. The van der Waals surface area contributed by atoms with Crippen LogP contribution in [0.3, 0.4) is 0 Å². The number of nitrogens with zero attached hydrogens (tertiary/aromatic N) is 3. The van der Waals surface area contributed by atoms with E-state index in [-0.39, 0.29) is 86.1 Å². The smallest absolute Gasteiger partial charge is 0.269 e. The molecule has 0 bridgehead atoms. The molecule has 78 heavy (non-hydrogen) atoms. The highest BCUT2D eigenvalue weighted by Gasteiger charge is 2.41. The third kappa shape index (κ3) is 20.4. The molecule has 20 N–H and O–H groups in total. The third-order valence-electron chi connectivity index (χ3n) is 12.0. The van der Waals surface area contributed by atoms with E-state index >= 15 is 0 Å². The van der Waals surface area contributed by atoms with Crippen molar-refractivity contribution in [2.24, 2.45) is 39.4 Å². The number of primary amides is 3. The van der Waals surface area contributed by atoms with E-state index in [4.69, 9.17) is 34.4 Å². The van der Waals surface area contributed by atoms with Crippen LogP contribution in [-0.2, 0) is 65.6 Å². The first-order valence-corrected chi connectivity index (χ1v) is 26.7. The Morgan fingerprint density at radius 3 is 1.87 bits per heavy atom. The number of aliphatic imine (C=N–C) groups is 1. The van der Waals surface area contributed by atoms with Gasteiger partial charge in [-0.3, -0.25) is 67.8 Å². The summed E-state index contributed by atoms with van der Waals surface area (Å²) in [5.41, 5.74) is 33.7. The molecule has 2 aromatic carbocycles. The summed E-state index contributed by atoms with van der Waals surface area (Å²) in [6, 6.07) is -1.50. The van der Waals surface area contributed by atoms with Gasteiger partial charge >= 0.3 is 0 Å². The lowest BCUT2D eigenvalue weighted by Crippen LogP contribution is -2.61. The fourth-order valence-corrected chi connectivity index (χ4v) is 10.2. The van der Waals surface area contributed by atoms with Crippen LogP contribution < -0.4 is 71.6 Å². The van der Waals surface area contributed by atoms with Gasteiger partial charge in [0.2, 0.25) is 65.0 Å². The third-order valence-corrected chi connectivity index (χ3v) is 14.4. The molecular weight excluding hydrogens is 1060 g/mol. The Morgan fingerprint density at radius 1 is 0.744 bits per heavy atom. The topological polar surface area (TPSA) is 507 Å². The normalized spacial score (nSPS) is 22.1. The second kappa shape index (κ2) is 30.5. The highest BCUT2D eigenvalue weighted by molar-refractivity contribution is 8.76. The predicted molar refractivity (Wildman–Crippen MR) is 282 cm³/mol. The maximum atomic E-state index is 14.6. The molecule has 8 unspecified atom stereocenters. The molecule has 30 nitrogen and oxygen atoms in total. The summed E-state index contributed by atoms with van der Waals surface area (Å²) in [6.07, 6.45) is -1.97. The number of non-ortho nitro benzene ring substituents is 1. The molecule has 2 aliphatic heterocycles. The molecule has 32 heteroatoms. The van der Waals surface area contributed by atoms with E-state index in [1.165, 1.54) is 36.4 Å². The molecule has 2 aromatic rings. The molecule has 424 valence electrons. The van der Waals surface area contributed by atoms with Crippen molar-refractivity contribution in [1.82, 2.24) is 42.1 Å². The van der Waals surface area contributed by atoms with Gasteiger partial charge in [0.05, 0.1) is 23.9 Å². The van der Waals surface area contributed by atoms with E-state index in [2.05, 4.69) is 42.2 Å². The summed E-state index contributed by atoms with van der Waals surface area (Å²) in [5, 5.41) is 38.7. The van der Waals surface area contributed by atoms with Crippen molar-refractivity contribution in [3.05, 3.63) is 69.8 Å². The fourth-order valence-electron chi connectivity index (χ4n) is 7.94. The van der Waals surface area contributed by atoms with Crippen LogP contribution in [0.5, 0.6) is 5.75 Å². The number of likely N-dealkylation sites (tertiary alicyclic amines) is 1. The number of nitro benzene ring substituents is 1. The van der Waals surface area contributed by atoms with Crippen molar-refractivity contribution in [2.45, 2.75) is 106 Å². The SMILES string of the molecule is NC(=O)CCC1NC(=O)C(Cc2ccc([N+](=O)[O-])cc2)NC(=O)C(Cc2ccc(O)cc2)NC(=O)C(N)CSSCC(C(=O)N2CCCC2C(=O)NC(CCCN=C(N)N)C(=O)NCC(N)=O)NC(=O)C(CC(N)=O)NC1=O. The van der Waals surface area contributed by atoms with Crippen LogP contribution in [0.1, 0.15) is 56.1 Å². The molecule has 0 aliphatic carbocycles. The Hall–Kier alpha value is -8.26. The van der Waals surface area contributed by atoms with Gasteiger partial charge in [-0.1, -0.05) is 45.9 Å². The van der Waals surface area contributed by atoms with E-state index in [1.807, 2.05) is 0 Å². The molecule has 2 saturated heterocycles. The second-order valence-corrected chi connectivity index (χ2v) is 20.6. The van der Waals surface area contributed by atoms with Crippen LogP contribution in [0.2, 0.25) is 0 Å². The molecule has 2 fully saturated rings. The van der Waals surface area contributed by atoms with Gasteiger partial charge in [0, 0.05) is 56.0 Å². The number of hydrogen-bond donors (Lipinski definition) is 14. The molecule has 8 atom stereocenters. The van der Waals surface area contributed by atoms with Gasteiger partial charge in [-0.05, 0) is 55.4 Å². The molecule has 0 spiro atoms. The number of nitrogens with two attached hydrogens (primary N) is 6. The number of rotatable bonds is 20. The summed E-state index contributed by atoms with van der Waals surface area (Å²) in [6.45, 7) is -0.503. The van der Waals surface area contributed by atoms with Gasteiger partial charge in [-0.15, -0.1) is 0 Å². The first-order chi connectivity index (χ1) is 36.9. The zero-order valence-electron chi connectivity index (χ0n) is 42.0.